The molecule has 0 aliphatic rings. The Hall–Kier alpha value is -2.06. The van der Waals surface area contributed by atoms with Crippen LogP contribution in [0.3, 0.4) is 0 Å². The number of aryl methyl sites for hydroxylation is 1. The molecule has 30 heavy (non-hydrogen) atoms. The number of carbonyl (C=O) groups is 1. The Morgan fingerprint density at radius 1 is 1.00 bits per heavy atom. The van der Waals surface area contributed by atoms with Crippen molar-refractivity contribution in [3.8, 4) is 0 Å². The van der Waals surface area contributed by atoms with Crippen LogP contribution in [0.15, 0.2) is 76.1 Å². The fourth-order valence-electron chi connectivity index (χ4n) is 2.71. The summed E-state index contributed by atoms with van der Waals surface area (Å²) in [6.45, 7) is 1.40. The summed E-state index contributed by atoms with van der Waals surface area (Å²) < 4.78 is 28.4. The first-order chi connectivity index (χ1) is 14.2. The molecule has 0 aliphatic heterocycles. The molecular weight excluding hydrogens is 511 g/mol. The third-order valence-corrected chi connectivity index (χ3v) is 7.13. The Morgan fingerprint density at radius 3 is 2.20 bits per heavy atom. The van der Waals surface area contributed by atoms with Crippen LogP contribution >= 0.6 is 39.1 Å². The van der Waals surface area contributed by atoms with Gasteiger partial charge >= 0.3 is 0 Å². The molecule has 0 atom stereocenters. The summed E-state index contributed by atoms with van der Waals surface area (Å²) >= 11 is 15.6. The molecule has 0 aromatic heterocycles. The van der Waals surface area contributed by atoms with E-state index in [-0.39, 0.29) is 20.6 Å². The first kappa shape index (κ1) is 22.6. The minimum absolute atomic E-state index is 0.0802. The molecule has 0 bridgehead atoms. The van der Waals surface area contributed by atoms with Crippen molar-refractivity contribution in [3.05, 3.63) is 86.8 Å². The number of amides is 1. The lowest BCUT2D eigenvalue weighted by Crippen LogP contribution is -2.38. The highest BCUT2D eigenvalue weighted by atomic mass is 79.9. The normalized spacial score (nSPS) is 11.2. The van der Waals surface area contributed by atoms with E-state index < -0.39 is 22.5 Å². The van der Waals surface area contributed by atoms with Crippen LogP contribution in [0.4, 0.5) is 11.4 Å². The van der Waals surface area contributed by atoms with Gasteiger partial charge in [-0.15, -0.1) is 0 Å². The lowest BCUT2D eigenvalue weighted by Gasteiger charge is -2.24. The van der Waals surface area contributed by atoms with Gasteiger partial charge in [0.1, 0.15) is 6.54 Å². The number of nitrogens with zero attached hydrogens (tertiary/aromatic N) is 1. The topological polar surface area (TPSA) is 66.5 Å². The van der Waals surface area contributed by atoms with Crippen molar-refractivity contribution in [3.63, 3.8) is 0 Å². The Kier molecular flexibility index (Phi) is 7.08. The van der Waals surface area contributed by atoms with Crippen LogP contribution in [0, 0.1) is 6.92 Å². The van der Waals surface area contributed by atoms with E-state index in [1.54, 1.807) is 54.6 Å². The van der Waals surface area contributed by atoms with Gasteiger partial charge in [0.05, 0.1) is 26.3 Å². The molecule has 1 amide bonds. The summed E-state index contributed by atoms with van der Waals surface area (Å²) in [6.07, 6.45) is 0. The molecule has 0 unspecified atom stereocenters. The lowest BCUT2D eigenvalue weighted by molar-refractivity contribution is -0.114. The molecule has 0 saturated heterocycles. The number of anilines is 2. The molecule has 0 aliphatic carbocycles. The largest absolute Gasteiger partial charge is 0.322 e. The maximum atomic E-state index is 13.4. The van der Waals surface area contributed by atoms with Gasteiger partial charge < -0.3 is 5.32 Å². The summed E-state index contributed by atoms with van der Waals surface area (Å²) in [5.74, 6) is -0.583. The maximum Gasteiger partial charge on any atom is 0.264 e. The molecule has 156 valence electrons. The standard InChI is InChI=1S/C21H17BrCl2N2O3S/c1-14-8-10-17(11-9-14)30(28,29)26(16-5-2-4-15(22)12-16)13-20(27)25-21-18(23)6-3-7-19(21)24/h2-12H,13H2,1H3,(H,25,27). The van der Waals surface area contributed by atoms with Gasteiger partial charge in [-0.1, -0.05) is 69.0 Å². The highest BCUT2D eigenvalue weighted by Gasteiger charge is 2.27. The third kappa shape index (κ3) is 5.16. The number of rotatable bonds is 6. The molecule has 0 heterocycles. The summed E-state index contributed by atoms with van der Waals surface area (Å²) in [4.78, 5) is 12.9. The Labute approximate surface area is 193 Å². The number of hydrogen-bond donors (Lipinski definition) is 1. The number of sulfonamides is 1. The van der Waals surface area contributed by atoms with Gasteiger partial charge in [-0.25, -0.2) is 8.42 Å². The predicted molar refractivity (Wildman–Crippen MR) is 125 cm³/mol. The van der Waals surface area contributed by atoms with E-state index in [1.165, 1.54) is 12.1 Å². The minimum atomic E-state index is -4.01. The van der Waals surface area contributed by atoms with E-state index in [2.05, 4.69) is 21.2 Å². The third-order valence-electron chi connectivity index (χ3n) is 4.22. The Balaban J connectivity index is 1.98. The first-order valence-electron chi connectivity index (χ1n) is 8.77. The zero-order valence-corrected chi connectivity index (χ0v) is 19.7. The van der Waals surface area contributed by atoms with Crippen molar-refractivity contribution >= 4 is 66.4 Å². The number of hydrogen-bond acceptors (Lipinski definition) is 3. The fraction of sp³-hybridized carbons (Fsp3) is 0.0952. The van der Waals surface area contributed by atoms with Gasteiger partial charge in [0.15, 0.2) is 0 Å². The van der Waals surface area contributed by atoms with Crippen LogP contribution < -0.4 is 9.62 Å². The molecule has 0 radical (unpaired) electrons. The molecule has 3 aromatic carbocycles. The molecule has 9 heteroatoms. The molecule has 0 saturated carbocycles. The second kappa shape index (κ2) is 9.39. The van der Waals surface area contributed by atoms with Gasteiger partial charge in [-0.3, -0.25) is 9.10 Å². The van der Waals surface area contributed by atoms with Crippen LogP contribution in [-0.4, -0.2) is 20.9 Å². The molecule has 1 N–H and O–H groups in total. The fourth-order valence-corrected chi connectivity index (χ4v) is 5.00. The molecule has 0 fully saturated rings. The minimum Gasteiger partial charge on any atom is -0.322 e. The number of carbonyl (C=O) groups excluding carboxylic acids is 1. The van der Waals surface area contributed by atoms with E-state index >= 15 is 0 Å². The number of para-hydroxylation sites is 1. The predicted octanol–water partition coefficient (Wildman–Crippen LogP) is 5.90. The first-order valence-corrected chi connectivity index (χ1v) is 11.8. The van der Waals surface area contributed by atoms with Crippen molar-refractivity contribution in [2.75, 3.05) is 16.2 Å². The van der Waals surface area contributed by atoms with Crippen LogP contribution in [0.1, 0.15) is 5.56 Å². The quantitative estimate of drug-likeness (QED) is 0.434. The van der Waals surface area contributed by atoms with Crippen LogP contribution in [-0.2, 0) is 14.8 Å². The summed E-state index contributed by atoms with van der Waals surface area (Å²) in [5.41, 5.74) is 1.49. The van der Waals surface area contributed by atoms with E-state index in [9.17, 15) is 13.2 Å². The summed E-state index contributed by atoms with van der Waals surface area (Å²) in [6, 6.07) is 18.0. The smallest absolute Gasteiger partial charge is 0.264 e. The van der Waals surface area contributed by atoms with Crippen LogP contribution in [0.2, 0.25) is 10.0 Å². The van der Waals surface area contributed by atoms with Gasteiger partial charge in [0.2, 0.25) is 5.91 Å². The second-order valence-electron chi connectivity index (χ2n) is 6.45. The SMILES string of the molecule is Cc1ccc(S(=O)(=O)N(CC(=O)Nc2c(Cl)cccc2Cl)c2cccc(Br)c2)cc1. The molecule has 3 rings (SSSR count). The van der Waals surface area contributed by atoms with Crippen LogP contribution in [0.25, 0.3) is 0 Å². The maximum absolute atomic E-state index is 13.4. The lowest BCUT2D eigenvalue weighted by atomic mass is 10.2. The number of nitrogens with one attached hydrogen (secondary N) is 1. The molecule has 5 nitrogen and oxygen atoms in total. The van der Waals surface area contributed by atoms with Crippen LogP contribution in [0.5, 0.6) is 0 Å². The van der Waals surface area contributed by atoms with E-state index in [0.29, 0.717) is 10.2 Å². The monoisotopic (exact) mass is 526 g/mol. The average molecular weight is 528 g/mol. The van der Waals surface area contributed by atoms with Gasteiger partial charge in [-0.2, -0.15) is 0 Å². The molecule has 0 spiro atoms. The van der Waals surface area contributed by atoms with E-state index in [0.717, 1.165) is 9.87 Å². The molecule has 3 aromatic rings. The zero-order valence-electron chi connectivity index (χ0n) is 15.8. The van der Waals surface area contributed by atoms with Gasteiger partial charge in [0, 0.05) is 4.47 Å². The van der Waals surface area contributed by atoms with Crippen molar-refractivity contribution in [2.45, 2.75) is 11.8 Å². The Bertz CT molecular complexity index is 1160. The van der Waals surface area contributed by atoms with E-state index in [1.807, 2.05) is 6.92 Å². The van der Waals surface area contributed by atoms with Crippen molar-refractivity contribution in [1.29, 1.82) is 0 Å². The van der Waals surface area contributed by atoms with Gasteiger partial charge in [0.25, 0.3) is 10.0 Å². The van der Waals surface area contributed by atoms with E-state index in [4.69, 9.17) is 23.2 Å². The highest BCUT2D eigenvalue weighted by Crippen LogP contribution is 2.31. The molecular formula is C21H17BrCl2N2O3S. The van der Waals surface area contributed by atoms with Crippen molar-refractivity contribution < 1.29 is 13.2 Å². The highest BCUT2D eigenvalue weighted by molar-refractivity contribution is 9.10. The van der Waals surface area contributed by atoms with Gasteiger partial charge in [-0.05, 0) is 49.4 Å². The second-order valence-corrected chi connectivity index (χ2v) is 10.0. The zero-order chi connectivity index (χ0) is 21.9. The van der Waals surface area contributed by atoms with Crippen molar-refractivity contribution in [2.24, 2.45) is 0 Å². The summed E-state index contributed by atoms with van der Waals surface area (Å²) in [5, 5.41) is 3.12. The van der Waals surface area contributed by atoms with Crippen molar-refractivity contribution in [1.82, 2.24) is 0 Å². The average Bonchev–Trinajstić information content (AvgIpc) is 2.69. The summed E-state index contributed by atoms with van der Waals surface area (Å²) in [7, 11) is -4.01. The Morgan fingerprint density at radius 2 is 1.60 bits per heavy atom. The number of benzene rings is 3. The number of halogens is 3.